The number of methoxy groups -OCH3 is 1. The zero-order valence-electron chi connectivity index (χ0n) is 18.0. The number of rotatable bonds is 8. The van der Waals surface area contributed by atoms with Gasteiger partial charge in [-0.1, -0.05) is 35.5 Å². The first-order chi connectivity index (χ1) is 15.5. The summed E-state index contributed by atoms with van der Waals surface area (Å²) in [6.45, 7) is 3.24. The van der Waals surface area contributed by atoms with E-state index in [9.17, 15) is 4.79 Å². The lowest BCUT2D eigenvalue weighted by Crippen LogP contribution is -2.23. The standard InChI is InChI=1S/C23H25ClN4O3S/c1-15(22(29)25-20-8-4-3-7-19(20)24)32-23-27-26-21(16-9-11-17(30-2)12-10-16)28(23)14-18-6-5-13-31-18/h3-4,7-12,15,18H,5-6,13-14H2,1-2H3,(H,25,29). The number of hydrogen-bond donors (Lipinski definition) is 1. The van der Waals surface area contributed by atoms with Crippen molar-refractivity contribution in [3.63, 3.8) is 0 Å². The Hall–Kier alpha value is -2.55. The molecule has 1 fully saturated rings. The molecule has 2 atom stereocenters. The van der Waals surface area contributed by atoms with E-state index in [1.54, 1.807) is 19.2 Å². The van der Waals surface area contributed by atoms with Gasteiger partial charge < -0.3 is 14.8 Å². The van der Waals surface area contributed by atoms with Crippen molar-refractivity contribution in [1.29, 1.82) is 0 Å². The molecule has 168 valence electrons. The number of hydrogen-bond acceptors (Lipinski definition) is 6. The highest BCUT2D eigenvalue weighted by molar-refractivity contribution is 8.00. The van der Waals surface area contributed by atoms with Crippen molar-refractivity contribution in [2.75, 3.05) is 19.0 Å². The predicted molar refractivity (Wildman–Crippen MR) is 126 cm³/mol. The summed E-state index contributed by atoms with van der Waals surface area (Å²) >= 11 is 7.54. The fourth-order valence-electron chi connectivity index (χ4n) is 3.49. The summed E-state index contributed by atoms with van der Waals surface area (Å²) in [5.41, 5.74) is 1.52. The molecule has 2 heterocycles. The minimum absolute atomic E-state index is 0.106. The molecular formula is C23H25ClN4O3S. The number of ether oxygens (including phenoxy) is 2. The highest BCUT2D eigenvalue weighted by Gasteiger charge is 2.25. The second kappa shape index (κ2) is 10.4. The quantitative estimate of drug-likeness (QED) is 0.469. The third-order valence-corrected chi connectivity index (χ3v) is 6.67. The van der Waals surface area contributed by atoms with Crippen LogP contribution in [0.3, 0.4) is 0 Å². The molecule has 1 saturated heterocycles. The second-order valence-corrected chi connectivity index (χ2v) is 9.22. The molecule has 0 saturated carbocycles. The summed E-state index contributed by atoms with van der Waals surface area (Å²) < 4.78 is 13.2. The number of amides is 1. The topological polar surface area (TPSA) is 78.3 Å². The second-order valence-electron chi connectivity index (χ2n) is 7.51. The van der Waals surface area contributed by atoms with Crippen LogP contribution in [0.5, 0.6) is 5.75 Å². The van der Waals surface area contributed by atoms with Crippen molar-refractivity contribution in [3.8, 4) is 17.1 Å². The number of para-hydroxylation sites is 1. The number of aromatic nitrogens is 3. The Bertz CT molecular complexity index is 1070. The molecule has 32 heavy (non-hydrogen) atoms. The summed E-state index contributed by atoms with van der Waals surface area (Å²) in [6.07, 6.45) is 2.14. The van der Waals surface area contributed by atoms with Crippen molar-refractivity contribution in [2.24, 2.45) is 0 Å². The minimum Gasteiger partial charge on any atom is -0.497 e. The highest BCUT2D eigenvalue weighted by atomic mass is 35.5. The van der Waals surface area contributed by atoms with Crippen LogP contribution < -0.4 is 10.1 Å². The van der Waals surface area contributed by atoms with E-state index in [-0.39, 0.29) is 12.0 Å². The van der Waals surface area contributed by atoms with Gasteiger partial charge in [-0.2, -0.15) is 0 Å². The molecule has 0 spiro atoms. The van der Waals surface area contributed by atoms with Crippen LogP contribution in [-0.4, -0.2) is 45.7 Å². The van der Waals surface area contributed by atoms with Gasteiger partial charge >= 0.3 is 0 Å². The average Bonchev–Trinajstić information content (AvgIpc) is 3.46. The summed E-state index contributed by atoms with van der Waals surface area (Å²) in [5, 5.41) is 12.5. The van der Waals surface area contributed by atoms with Crippen LogP contribution in [-0.2, 0) is 16.1 Å². The zero-order chi connectivity index (χ0) is 22.5. The molecule has 3 aromatic rings. The van der Waals surface area contributed by atoms with Crippen molar-refractivity contribution < 1.29 is 14.3 Å². The van der Waals surface area contributed by atoms with Crippen LogP contribution in [0.25, 0.3) is 11.4 Å². The van der Waals surface area contributed by atoms with Gasteiger partial charge in [-0.25, -0.2) is 0 Å². The Labute approximate surface area is 196 Å². The maximum atomic E-state index is 12.8. The monoisotopic (exact) mass is 472 g/mol. The molecule has 0 radical (unpaired) electrons. The maximum absolute atomic E-state index is 12.8. The molecule has 1 aromatic heterocycles. The summed E-state index contributed by atoms with van der Waals surface area (Å²) in [6, 6.07) is 14.9. The molecular weight excluding hydrogens is 448 g/mol. The zero-order valence-corrected chi connectivity index (χ0v) is 19.5. The number of anilines is 1. The Morgan fingerprint density at radius 1 is 1.28 bits per heavy atom. The van der Waals surface area contributed by atoms with Crippen molar-refractivity contribution in [2.45, 2.75) is 42.8 Å². The number of carbonyl (C=O) groups is 1. The molecule has 0 aliphatic carbocycles. The Morgan fingerprint density at radius 3 is 2.75 bits per heavy atom. The van der Waals surface area contributed by atoms with Crippen molar-refractivity contribution in [3.05, 3.63) is 53.6 Å². The SMILES string of the molecule is COc1ccc(-c2nnc(SC(C)C(=O)Nc3ccccc3Cl)n2CC2CCCO2)cc1. The van der Waals surface area contributed by atoms with Crippen LogP contribution in [0.1, 0.15) is 19.8 Å². The van der Waals surface area contributed by atoms with Gasteiger partial charge in [-0.05, 0) is 56.2 Å². The van der Waals surface area contributed by atoms with Crippen LogP contribution >= 0.6 is 23.4 Å². The molecule has 2 aromatic carbocycles. The first kappa shape index (κ1) is 22.6. The molecule has 1 aliphatic rings. The third kappa shape index (κ3) is 5.26. The van der Waals surface area contributed by atoms with Crippen molar-refractivity contribution in [1.82, 2.24) is 14.8 Å². The number of carbonyl (C=O) groups excluding carboxylic acids is 1. The Morgan fingerprint density at radius 2 is 2.06 bits per heavy atom. The van der Waals surface area contributed by atoms with E-state index in [4.69, 9.17) is 21.1 Å². The fourth-order valence-corrected chi connectivity index (χ4v) is 4.54. The van der Waals surface area contributed by atoms with Crippen LogP contribution in [0.4, 0.5) is 5.69 Å². The first-order valence-electron chi connectivity index (χ1n) is 10.5. The number of nitrogens with one attached hydrogen (secondary N) is 1. The van der Waals surface area contributed by atoms with E-state index in [1.165, 1.54) is 11.8 Å². The van der Waals surface area contributed by atoms with Gasteiger partial charge in [0.2, 0.25) is 5.91 Å². The first-order valence-corrected chi connectivity index (χ1v) is 11.7. The number of halogens is 1. The molecule has 0 bridgehead atoms. The maximum Gasteiger partial charge on any atom is 0.237 e. The Balaban J connectivity index is 1.55. The lowest BCUT2D eigenvalue weighted by Gasteiger charge is -2.17. The average molecular weight is 473 g/mol. The molecule has 1 N–H and O–H groups in total. The van der Waals surface area contributed by atoms with E-state index in [1.807, 2.05) is 47.9 Å². The highest BCUT2D eigenvalue weighted by Crippen LogP contribution is 2.30. The summed E-state index contributed by atoms with van der Waals surface area (Å²) in [7, 11) is 1.64. The largest absolute Gasteiger partial charge is 0.497 e. The van der Waals surface area contributed by atoms with Gasteiger partial charge in [0.25, 0.3) is 0 Å². The molecule has 4 rings (SSSR count). The van der Waals surface area contributed by atoms with E-state index < -0.39 is 5.25 Å². The lowest BCUT2D eigenvalue weighted by molar-refractivity contribution is -0.115. The van der Waals surface area contributed by atoms with Gasteiger partial charge in [0.15, 0.2) is 11.0 Å². The molecule has 7 nitrogen and oxygen atoms in total. The molecule has 1 amide bonds. The number of nitrogens with zero attached hydrogens (tertiary/aromatic N) is 3. The Kier molecular flexibility index (Phi) is 7.34. The van der Waals surface area contributed by atoms with Gasteiger partial charge in [0, 0.05) is 12.2 Å². The van der Waals surface area contributed by atoms with E-state index in [0.29, 0.717) is 22.4 Å². The summed E-state index contributed by atoms with van der Waals surface area (Å²) in [4.78, 5) is 12.8. The lowest BCUT2D eigenvalue weighted by atomic mass is 10.2. The van der Waals surface area contributed by atoms with E-state index in [2.05, 4.69) is 15.5 Å². The van der Waals surface area contributed by atoms with Gasteiger partial charge in [-0.3, -0.25) is 9.36 Å². The molecule has 9 heteroatoms. The molecule has 1 aliphatic heterocycles. The van der Waals surface area contributed by atoms with Gasteiger partial charge in [0.1, 0.15) is 5.75 Å². The smallest absolute Gasteiger partial charge is 0.237 e. The van der Waals surface area contributed by atoms with Gasteiger partial charge in [0.05, 0.1) is 35.7 Å². The van der Waals surface area contributed by atoms with E-state index >= 15 is 0 Å². The van der Waals surface area contributed by atoms with E-state index in [0.717, 1.165) is 36.6 Å². The number of thioether (sulfide) groups is 1. The summed E-state index contributed by atoms with van der Waals surface area (Å²) in [5.74, 6) is 1.36. The van der Waals surface area contributed by atoms with Crippen LogP contribution in [0, 0.1) is 0 Å². The fraction of sp³-hybridized carbons (Fsp3) is 0.348. The predicted octanol–water partition coefficient (Wildman–Crippen LogP) is 4.91. The molecule has 2 unspecified atom stereocenters. The van der Waals surface area contributed by atoms with Crippen LogP contribution in [0.2, 0.25) is 5.02 Å². The van der Waals surface area contributed by atoms with Crippen LogP contribution in [0.15, 0.2) is 53.7 Å². The third-order valence-electron chi connectivity index (χ3n) is 5.26. The van der Waals surface area contributed by atoms with Gasteiger partial charge in [-0.15, -0.1) is 10.2 Å². The van der Waals surface area contributed by atoms with Crippen molar-refractivity contribution >= 4 is 35.0 Å². The minimum atomic E-state index is -0.401. The number of benzene rings is 2. The normalized spacial score (nSPS) is 16.7.